The highest BCUT2D eigenvalue weighted by atomic mass is 16.3. The monoisotopic (exact) mass is 1300 g/mol. The molecule has 4 aromatic heterocycles. The molecule has 0 aliphatic heterocycles. The highest BCUT2D eigenvalue weighted by molar-refractivity contribution is 6.16. The van der Waals surface area contributed by atoms with E-state index in [1.54, 1.807) is 0 Å². The van der Waals surface area contributed by atoms with E-state index in [4.69, 9.17) is 8.83 Å². The quantitative estimate of drug-likeness (QED) is 0.115. The zero-order chi connectivity index (χ0) is 67.2. The Morgan fingerprint density at radius 1 is 0.196 bits per heavy atom. The second-order valence-electron chi connectivity index (χ2n) is 26.3. The van der Waals surface area contributed by atoms with Gasteiger partial charge in [0.1, 0.15) is 22.3 Å². The zero-order valence-electron chi connectivity index (χ0n) is 55.4. The van der Waals surface area contributed by atoms with E-state index in [0.717, 1.165) is 156 Å². The van der Waals surface area contributed by atoms with Gasteiger partial charge < -0.3 is 27.8 Å². The molecule has 0 radical (unpaired) electrons. The summed E-state index contributed by atoms with van der Waals surface area (Å²) in [4.78, 5) is 4.80. The van der Waals surface area contributed by atoms with Gasteiger partial charge in [-0.1, -0.05) is 237 Å². The molecule has 0 amide bonds. The Balaban J connectivity index is 0.657. The van der Waals surface area contributed by atoms with Crippen molar-refractivity contribution in [1.82, 2.24) is 9.13 Å². The molecule has 20 aromatic rings. The van der Waals surface area contributed by atoms with Crippen molar-refractivity contribution in [2.24, 2.45) is 0 Å². The van der Waals surface area contributed by atoms with Gasteiger partial charge in [-0.2, -0.15) is 0 Å². The van der Waals surface area contributed by atoms with Gasteiger partial charge in [-0.25, -0.2) is 0 Å². The van der Waals surface area contributed by atoms with Gasteiger partial charge in [0, 0.05) is 88.3 Å². The number of furan rings is 2. The first kappa shape index (κ1) is 58.5. The van der Waals surface area contributed by atoms with Crippen molar-refractivity contribution in [1.29, 1.82) is 0 Å². The third-order valence-corrected chi connectivity index (χ3v) is 20.5. The van der Waals surface area contributed by atoms with E-state index < -0.39 is 0 Å². The molecular formula is C96H62N4O2. The van der Waals surface area contributed by atoms with E-state index in [9.17, 15) is 0 Å². The van der Waals surface area contributed by atoms with Crippen LogP contribution in [0, 0.1) is 0 Å². The van der Waals surface area contributed by atoms with Gasteiger partial charge in [-0.05, 0) is 184 Å². The number of fused-ring (bicyclic) bond motifs is 12. The summed E-state index contributed by atoms with van der Waals surface area (Å²) >= 11 is 0. The summed E-state index contributed by atoms with van der Waals surface area (Å²) in [5, 5.41) is 9.26. The number of nitrogens with zero attached hydrogens (tertiary/aromatic N) is 4. The lowest BCUT2D eigenvalue weighted by Crippen LogP contribution is -2.11. The van der Waals surface area contributed by atoms with Crippen molar-refractivity contribution < 1.29 is 8.83 Å². The van der Waals surface area contributed by atoms with Crippen LogP contribution in [0.15, 0.2) is 385 Å². The Morgan fingerprint density at radius 2 is 0.578 bits per heavy atom. The summed E-state index contributed by atoms with van der Waals surface area (Å²) < 4.78 is 17.7. The number of anilines is 6. The van der Waals surface area contributed by atoms with Crippen molar-refractivity contribution >= 4 is 122 Å². The Morgan fingerprint density at radius 3 is 1.18 bits per heavy atom. The van der Waals surface area contributed by atoms with E-state index >= 15 is 0 Å². The molecule has 6 nitrogen and oxygen atoms in total. The standard InChI is InChI=1S/C96H62N4O2/c1-2-26-67(27-3-1)98(86-42-14-9-35-78(86)81-40-23-49-94-96(81)83-38-12-19-47-92(83)102-94)71-28-21-29-72(62-71)100-89-45-17-10-36-79(89)84-61-65(52-59-90(84)100)64-24-20-25-66(60-64)74-31-5-4-30-73(74)63-50-53-68(54-51-63)97(69-55-57-70(58-56-69)99-87-43-15-6-32-75(87)76-33-7-16-44-88(76)99)85-41-13-8-34-77(85)80-39-22-48-93-95(80)82-37-11-18-46-91(82)101-93/h1-62H. The van der Waals surface area contributed by atoms with Crippen LogP contribution in [0.1, 0.15) is 0 Å². The molecule has 0 aliphatic rings. The molecule has 0 N–H and O–H groups in total. The van der Waals surface area contributed by atoms with E-state index in [-0.39, 0.29) is 0 Å². The van der Waals surface area contributed by atoms with Crippen LogP contribution in [-0.4, -0.2) is 9.13 Å². The van der Waals surface area contributed by atoms with Crippen molar-refractivity contribution in [3.8, 4) is 67.0 Å². The fourth-order valence-electron chi connectivity index (χ4n) is 16.0. The molecule has 4 heterocycles. The van der Waals surface area contributed by atoms with Crippen LogP contribution < -0.4 is 9.80 Å². The molecule has 0 fully saturated rings. The summed E-state index contributed by atoms with van der Waals surface area (Å²) in [7, 11) is 0. The average molecular weight is 1300 g/mol. The molecule has 0 atom stereocenters. The second kappa shape index (κ2) is 24.1. The zero-order valence-corrected chi connectivity index (χ0v) is 55.4. The van der Waals surface area contributed by atoms with Crippen LogP contribution in [0.2, 0.25) is 0 Å². The van der Waals surface area contributed by atoms with Crippen LogP contribution in [0.5, 0.6) is 0 Å². The summed E-state index contributed by atoms with van der Waals surface area (Å²) in [5.41, 5.74) is 27.9. The SMILES string of the molecule is c1ccc(N(c2cccc(-n3c4ccccc4c4cc(-c5cccc(-c6ccccc6-c6ccc(N(c7ccc(-n8c9ccccc9c9ccccc98)cc7)c7ccccc7-c7cccc8oc9ccccc9c78)cc6)c5)ccc43)c2)c2ccccc2-c2cccc3oc4ccccc4c23)cc1. The maximum atomic E-state index is 6.50. The number of hydrogen-bond acceptors (Lipinski definition) is 4. The Bertz CT molecular complexity index is 6600. The predicted molar refractivity (Wildman–Crippen MR) is 426 cm³/mol. The average Bonchev–Trinajstić information content (AvgIpc) is 1.56. The molecule has 0 spiro atoms. The topological polar surface area (TPSA) is 42.6 Å². The van der Waals surface area contributed by atoms with Gasteiger partial charge in [0.25, 0.3) is 0 Å². The molecule has 16 aromatic carbocycles. The molecule has 20 rings (SSSR count). The molecule has 0 bridgehead atoms. The van der Waals surface area contributed by atoms with Gasteiger partial charge in [0.15, 0.2) is 0 Å². The van der Waals surface area contributed by atoms with Crippen LogP contribution in [0.4, 0.5) is 34.1 Å². The first-order valence-corrected chi connectivity index (χ1v) is 34.8. The number of para-hydroxylation sites is 8. The van der Waals surface area contributed by atoms with Gasteiger partial charge in [-0.3, -0.25) is 0 Å². The molecule has 0 aliphatic carbocycles. The normalized spacial score (nSPS) is 11.7. The number of benzene rings is 16. The van der Waals surface area contributed by atoms with Gasteiger partial charge in [0.05, 0.1) is 33.4 Å². The number of aromatic nitrogens is 2. The fraction of sp³-hybridized carbons (Fsp3) is 0. The van der Waals surface area contributed by atoms with E-state index in [2.05, 4.69) is 383 Å². The van der Waals surface area contributed by atoms with Crippen LogP contribution in [0.3, 0.4) is 0 Å². The van der Waals surface area contributed by atoms with E-state index in [1.165, 1.54) is 32.6 Å². The first-order chi connectivity index (χ1) is 50.6. The van der Waals surface area contributed by atoms with Gasteiger partial charge in [0.2, 0.25) is 0 Å². The minimum Gasteiger partial charge on any atom is -0.456 e. The van der Waals surface area contributed by atoms with Crippen LogP contribution in [-0.2, 0) is 0 Å². The van der Waals surface area contributed by atoms with Gasteiger partial charge in [-0.15, -0.1) is 0 Å². The van der Waals surface area contributed by atoms with Crippen LogP contribution >= 0.6 is 0 Å². The maximum Gasteiger partial charge on any atom is 0.136 e. The van der Waals surface area contributed by atoms with Crippen molar-refractivity contribution in [2.45, 2.75) is 0 Å². The lowest BCUT2D eigenvalue weighted by Gasteiger charge is -2.28. The third kappa shape index (κ3) is 9.64. The number of hydrogen-bond donors (Lipinski definition) is 0. The third-order valence-electron chi connectivity index (χ3n) is 20.5. The highest BCUT2D eigenvalue weighted by Crippen LogP contribution is 2.49. The second-order valence-corrected chi connectivity index (χ2v) is 26.3. The molecule has 0 unspecified atom stereocenters. The van der Waals surface area contributed by atoms with Crippen molar-refractivity contribution in [2.75, 3.05) is 9.80 Å². The minimum absolute atomic E-state index is 0.864. The summed E-state index contributed by atoms with van der Waals surface area (Å²) in [5.74, 6) is 0. The van der Waals surface area contributed by atoms with Gasteiger partial charge >= 0.3 is 0 Å². The number of rotatable bonds is 13. The molecular weight excluding hydrogens is 1240 g/mol. The molecule has 102 heavy (non-hydrogen) atoms. The largest absolute Gasteiger partial charge is 0.456 e. The van der Waals surface area contributed by atoms with Crippen molar-refractivity contribution in [3.05, 3.63) is 376 Å². The predicted octanol–water partition coefficient (Wildman–Crippen LogP) is 27.0. The molecule has 478 valence electrons. The summed E-state index contributed by atoms with van der Waals surface area (Å²) in [6, 6.07) is 136. The minimum atomic E-state index is 0.864. The first-order valence-electron chi connectivity index (χ1n) is 34.8. The fourth-order valence-corrected chi connectivity index (χ4v) is 16.0. The summed E-state index contributed by atoms with van der Waals surface area (Å²) in [6.07, 6.45) is 0. The lowest BCUT2D eigenvalue weighted by atomic mass is 9.92. The summed E-state index contributed by atoms with van der Waals surface area (Å²) in [6.45, 7) is 0. The highest BCUT2D eigenvalue weighted by Gasteiger charge is 2.25. The maximum absolute atomic E-state index is 6.50. The molecule has 0 saturated heterocycles. The van der Waals surface area contributed by atoms with Crippen LogP contribution in [0.25, 0.3) is 154 Å². The van der Waals surface area contributed by atoms with Crippen molar-refractivity contribution in [3.63, 3.8) is 0 Å². The smallest absolute Gasteiger partial charge is 0.136 e. The molecule has 6 heteroatoms. The Hall–Kier alpha value is -13.7. The Kier molecular flexibility index (Phi) is 13.8. The van der Waals surface area contributed by atoms with E-state index in [0.29, 0.717) is 0 Å². The Labute approximate surface area is 588 Å². The molecule has 0 saturated carbocycles. The lowest BCUT2D eigenvalue weighted by molar-refractivity contribution is 0.668. The van der Waals surface area contributed by atoms with E-state index in [1.807, 2.05) is 12.1 Å².